The maximum atomic E-state index is 6.57. The number of hydrogen-bond donors (Lipinski definition) is 0. The summed E-state index contributed by atoms with van der Waals surface area (Å²) in [7, 11) is -0.396. The lowest BCUT2D eigenvalue weighted by molar-refractivity contribution is 0.00578. The van der Waals surface area contributed by atoms with Crippen LogP contribution in [0.5, 0.6) is 0 Å². The summed E-state index contributed by atoms with van der Waals surface area (Å²) in [5.41, 5.74) is 6.32. The van der Waals surface area contributed by atoms with Crippen LogP contribution in [0.25, 0.3) is 43.1 Å². The van der Waals surface area contributed by atoms with E-state index in [0.717, 1.165) is 5.46 Å². The quantitative estimate of drug-likeness (QED) is 0.122. The van der Waals surface area contributed by atoms with Crippen molar-refractivity contribution in [1.29, 1.82) is 0 Å². The molecule has 0 unspecified atom stereocenters. The molecular formula is C50H62BBrO2. The normalized spacial score (nSPS) is 16.4. The fourth-order valence-electron chi connectivity index (χ4n) is 7.30. The average Bonchev–Trinajstić information content (AvgIpc) is 3.26. The first-order valence-corrected chi connectivity index (χ1v) is 20.5. The van der Waals surface area contributed by atoms with Gasteiger partial charge in [0.15, 0.2) is 0 Å². The lowest BCUT2D eigenvalue weighted by Crippen LogP contribution is -2.41. The molecule has 1 heterocycles. The summed E-state index contributed by atoms with van der Waals surface area (Å²) in [6, 6.07) is 32.0. The van der Waals surface area contributed by atoms with Gasteiger partial charge in [-0.25, -0.2) is 0 Å². The van der Waals surface area contributed by atoms with Crippen molar-refractivity contribution >= 4 is 71.6 Å². The second kappa shape index (κ2) is 13.5. The van der Waals surface area contributed by atoms with Crippen LogP contribution in [-0.2, 0) is 31.0 Å². The van der Waals surface area contributed by atoms with E-state index in [1.54, 1.807) is 0 Å². The van der Waals surface area contributed by atoms with Gasteiger partial charge in [-0.1, -0.05) is 150 Å². The number of halogens is 1. The predicted octanol–water partition coefficient (Wildman–Crippen LogP) is 14.2. The van der Waals surface area contributed by atoms with Crippen molar-refractivity contribution in [3.8, 4) is 0 Å². The van der Waals surface area contributed by atoms with Crippen LogP contribution in [0.1, 0.15) is 133 Å². The van der Waals surface area contributed by atoms with Gasteiger partial charge < -0.3 is 9.31 Å². The molecule has 0 amide bonds. The molecule has 0 aromatic heterocycles. The Balaban J connectivity index is 0.000000193. The molecule has 1 aliphatic heterocycles. The molecule has 4 heteroatoms. The Morgan fingerprint density at radius 1 is 0.407 bits per heavy atom. The van der Waals surface area contributed by atoms with E-state index < -0.39 is 7.12 Å². The number of hydrogen-bond acceptors (Lipinski definition) is 2. The topological polar surface area (TPSA) is 18.5 Å². The van der Waals surface area contributed by atoms with Crippen LogP contribution in [0.2, 0.25) is 0 Å². The van der Waals surface area contributed by atoms with Crippen molar-refractivity contribution in [3.05, 3.63) is 112 Å². The molecule has 0 saturated carbocycles. The molecule has 0 N–H and O–H groups in total. The second-order valence-corrected chi connectivity index (χ2v) is 21.6. The standard InChI is InChI=1S/C28H37BO2.C22H25Br/c1-25(2,3)20-13-14-22-19(16-20)15-18-11-12-21(26(4,5)6)17-23(18)24(22)29-30-27(7,8)28(9,10)31-29;1-21(2,3)16-9-10-18-15(12-16)11-14-7-8-17(22(4,5)6)13-19(14)20(18)23/h11-17H,1-10H3;7-13H,1-6H3. The van der Waals surface area contributed by atoms with Gasteiger partial charge in [-0.3, -0.25) is 0 Å². The molecule has 2 nitrogen and oxygen atoms in total. The zero-order valence-corrected chi connectivity index (χ0v) is 37.4. The Morgan fingerprint density at radius 3 is 1.20 bits per heavy atom. The molecule has 0 aliphatic carbocycles. The minimum Gasteiger partial charge on any atom is -0.399 e. The van der Waals surface area contributed by atoms with Gasteiger partial charge in [0, 0.05) is 4.47 Å². The molecule has 0 atom stereocenters. The highest BCUT2D eigenvalue weighted by Crippen LogP contribution is 2.40. The number of fused-ring (bicyclic) bond motifs is 4. The minimum absolute atomic E-state index is 0.0758. The molecule has 1 saturated heterocycles. The highest BCUT2D eigenvalue weighted by molar-refractivity contribution is 9.10. The third-order valence-electron chi connectivity index (χ3n) is 11.8. The molecule has 1 fully saturated rings. The lowest BCUT2D eigenvalue weighted by Gasteiger charge is -2.32. The summed E-state index contributed by atoms with van der Waals surface area (Å²) >= 11 is 3.86. The summed E-state index contributed by atoms with van der Waals surface area (Å²) in [5, 5.41) is 10.1. The van der Waals surface area contributed by atoms with Crippen LogP contribution < -0.4 is 5.46 Å². The van der Waals surface area contributed by atoms with Crippen LogP contribution in [0, 0.1) is 0 Å². The third kappa shape index (κ3) is 7.78. The number of rotatable bonds is 1. The summed E-state index contributed by atoms with van der Waals surface area (Å²) in [6.45, 7) is 35.7. The first-order chi connectivity index (χ1) is 24.7. The molecule has 0 bridgehead atoms. The van der Waals surface area contributed by atoms with Crippen LogP contribution in [-0.4, -0.2) is 18.3 Å². The van der Waals surface area contributed by atoms with E-state index >= 15 is 0 Å². The van der Waals surface area contributed by atoms with Gasteiger partial charge in [-0.15, -0.1) is 0 Å². The Labute approximate surface area is 334 Å². The average molecular weight is 786 g/mol. The van der Waals surface area contributed by atoms with Gasteiger partial charge in [0.2, 0.25) is 0 Å². The van der Waals surface area contributed by atoms with Crippen LogP contribution in [0.15, 0.2) is 89.4 Å². The zero-order chi connectivity index (χ0) is 40.0. The molecule has 1 aliphatic rings. The fraction of sp³-hybridized carbons (Fsp3) is 0.440. The Kier molecular flexibility index (Phi) is 10.1. The maximum absolute atomic E-state index is 6.57. The Hall–Kier alpha value is -3.18. The second-order valence-electron chi connectivity index (χ2n) is 20.8. The minimum atomic E-state index is -0.396. The van der Waals surface area contributed by atoms with Crippen molar-refractivity contribution in [2.24, 2.45) is 0 Å². The lowest BCUT2D eigenvalue weighted by atomic mass is 9.71. The molecule has 7 rings (SSSR count). The fourth-order valence-corrected chi connectivity index (χ4v) is 8.01. The first-order valence-electron chi connectivity index (χ1n) is 19.7. The highest BCUT2D eigenvalue weighted by Gasteiger charge is 2.52. The van der Waals surface area contributed by atoms with Crippen molar-refractivity contribution in [1.82, 2.24) is 0 Å². The summed E-state index contributed by atoms with van der Waals surface area (Å²) in [6.07, 6.45) is 0. The molecule has 284 valence electrons. The van der Waals surface area contributed by atoms with E-state index in [0.29, 0.717) is 0 Å². The molecule has 54 heavy (non-hydrogen) atoms. The van der Waals surface area contributed by atoms with Gasteiger partial charge in [0.05, 0.1) is 11.2 Å². The van der Waals surface area contributed by atoms with Gasteiger partial charge in [0.25, 0.3) is 0 Å². The molecule has 6 aromatic carbocycles. The molecule has 0 radical (unpaired) electrons. The van der Waals surface area contributed by atoms with Gasteiger partial charge in [-0.05, 0) is 154 Å². The smallest absolute Gasteiger partial charge is 0.399 e. The molecule has 6 aromatic rings. The number of benzene rings is 6. The van der Waals surface area contributed by atoms with Gasteiger partial charge >= 0.3 is 7.12 Å². The van der Waals surface area contributed by atoms with Crippen LogP contribution in [0.3, 0.4) is 0 Å². The molecule has 0 spiro atoms. The van der Waals surface area contributed by atoms with E-state index in [1.807, 2.05) is 0 Å². The maximum Gasteiger partial charge on any atom is 0.496 e. The van der Waals surface area contributed by atoms with E-state index in [-0.39, 0.29) is 32.9 Å². The summed E-state index contributed by atoms with van der Waals surface area (Å²) in [5.74, 6) is 0. The van der Waals surface area contributed by atoms with Crippen molar-refractivity contribution in [3.63, 3.8) is 0 Å². The third-order valence-corrected chi connectivity index (χ3v) is 12.7. The van der Waals surface area contributed by atoms with Gasteiger partial charge in [0.1, 0.15) is 0 Å². The van der Waals surface area contributed by atoms with Crippen molar-refractivity contribution in [2.45, 2.75) is 144 Å². The van der Waals surface area contributed by atoms with E-state index in [9.17, 15) is 0 Å². The largest absolute Gasteiger partial charge is 0.496 e. The first kappa shape index (κ1) is 40.5. The van der Waals surface area contributed by atoms with Crippen LogP contribution >= 0.6 is 15.9 Å². The van der Waals surface area contributed by atoms with Crippen molar-refractivity contribution in [2.75, 3.05) is 0 Å². The Morgan fingerprint density at radius 2 is 0.759 bits per heavy atom. The summed E-state index contributed by atoms with van der Waals surface area (Å²) in [4.78, 5) is 0. The van der Waals surface area contributed by atoms with E-state index in [4.69, 9.17) is 9.31 Å². The van der Waals surface area contributed by atoms with E-state index in [2.05, 4.69) is 212 Å². The Bertz CT molecular complexity index is 2370. The summed E-state index contributed by atoms with van der Waals surface area (Å²) < 4.78 is 14.3. The zero-order valence-electron chi connectivity index (χ0n) is 35.9. The van der Waals surface area contributed by atoms with E-state index in [1.165, 1.54) is 69.8 Å². The van der Waals surface area contributed by atoms with Crippen LogP contribution in [0.4, 0.5) is 0 Å². The predicted molar refractivity (Wildman–Crippen MR) is 241 cm³/mol. The van der Waals surface area contributed by atoms with Crippen molar-refractivity contribution < 1.29 is 9.31 Å². The SMILES string of the molecule is CC(C)(C)c1ccc2c(B3OC(C)(C)C(C)(C)O3)c3cc(C(C)(C)C)ccc3cc2c1.CC(C)(C)c1ccc2c(Br)c3cc(C(C)(C)C)ccc3cc2c1. The monoisotopic (exact) mass is 784 g/mol. The molecular weight excluding hydrogens is 723 g/mol. The highest BCUT2D eigenvalue weighted by atomic mass is 79.9. The van der Waals surface area contributed by atoms with Gasteiger partial charge in [-0.2, -0.15) is 0 Å².